The van der Waals surface area contributed by atoms with Gasteiger partial charge in [-0.05, 0) is 42.8 Å². The molecule has 0 aliphatic carbocycles. The van der Waals surface area contributed by atoms with Crippen molar-refractivity contribution in [1.82, 2.24) is 9.97 Å². The summed E-state index contributed by atoms with van der Waals surface area (Å²) in [5.74, 6) is 1.52. The average Bonchev–Trinajstić information content (AvgIpc) is 2.57. The fourth-order valence-corrected chi connectivity index (χ4v) is 2.53. The Morgan fingerprint density at radius 1 is 1.04 bits per heavy atom. The summed E-state index contributed by atoms with van der Waals surface area (Å²) < 4.78 is 5.19. The number of benzene rings is 2. The van der Waals surface area contributed by atoms with E-state index < -0.39 is 0 Å². The fourth-order valence-electron chi connectivity index (χ4n) is 2.36. The number of methoxy groups -OCH3 is 1. The van der Waals surface area contributed by atoms with Gasteiger partial charge in [-0.3, -0.25) is 0 Å². The highest BCUT2D eigenvalue weighted by atomic mass is 35.5. The summed E-state index contributed by atoms with van der Waals surface area (Å²) in [6.07, 6.45) is 1.75. The number of nitrogens with zero attached hydrogens (tertiary/aromatic N) is 2. The first-order chi connectivity index (χ1) is 11.1. The van der Waals surface area contributed by atoms with Crippen LogP contribution in [0, 0.1) is 6.92 Å². The number of halogens is 1. The zero-order valence-electron chi connectivity index (χ0n) is 12.7. The maximum atomic E-state index is 10.2. The molecule has 0 saturated carbocycles. The van der Waals surface area contributed by atoms with Gasteiger partial charge in [-0.25, -0.2) is 9.97 Å². The van der Waals surface area contributed by atoms with Crippen molar-refractivity contribution in [3.63, 3.8) is 0 Å². The normalized spacial score (nSPS) is 10.6. The Labute approximate surface area is 139 Å². The lowest BCUT2D eigenvalue weighted by atomic mass is 10.00. The molecule has 0 saturated heterocycles. The van der Waals surface area contributed by atoms with Crippen molar-refractivity contribution >= 4 is 11.6 Å². The van der Waals surface area contributed by atoms with Gasteiger partial charge >= 0.3 is 0 Å². The van der Waals surface area contributed by atoms with E-state index in [0.717, 1.165) is 16.9 Å². The first kappa shape index (κ1) is 15.3. The van der Waals surface area contributed by atoms with Crippen molar-refractivity contribution in [2.75, 3.05) is 7.11 Å². The number of hydrogen-bond acceptors (Lipinski definition) is 4. The minimum absolute atomic E-state index is 0.127. The number of ether oxygens (including phenoxy) is 1. The number of aromatic hydroxyl groups is 1. The van der Waals surface area contributed by atoms with Crippen LogP contribution >= 0.6 is 11.6 Å². The van der Waals surface area contributed by atoms with Gasteiger partial charge in [0, 0.05) is 22.3 Å². The highest BCUT2D eigenvalue weighted by Crippen LogP contribution is 2.37. The maximum absolute atomic E-state index is 10.2. The number of aromatic nitrogens is 2. The molecule has 1 N–H and O–H groups in total. The first-order valence-corrected chi connectivity index (χ1v) is 7.43. The van der Waals surface area contributed by atoms with Crippen LogP contribution in [0.5, 0.6) is 11.5 Å². The van der Waals surface area contributed by atoms with Crippen LogP contribution in [0.4, 0.5) is 0 Å². The summed E-state index contributed by atoms with van der Waals surface area (Å²) >= 11 is 6.07. The standard InChI is InChI=1S/C18H15ClN2O2/c1-11-20-10-16(12-3-6-14(23-2)7-4-12)18(21-11)15-9-13(19)5-8-17(15)22/h3-10,22H,1-2H3. The van der Waals surface area contributed by atoms with Crippen LogP contribution < -0.4 is 4.74 Å². The second-order valence-corrected chi connectivity index (χ2v) is 5.51. The van der Waals surface area contributed by atoms with Gasteiger partial charge in [0.1, 0.15) is 17.3 Å². The second kappa shape index (κ2) is 6.26. The second-order valence-electron chi connectivity index (χ2n) is 5.07. The lowest BCUT2D eigenvalue weighted by Gasteiger charge is -2.12. The van der Waals surface area contributed by atoms with Gasteiger partial charge in [0.2, 0.25) is 0 Å². The molecule has 0 radical (unpaired) electrons. The van der Waals surface area contributed by atoms with Gasteiger partial charge in [0.25, 0.3) is 0 Å². The van der Waals surface area contributed by atoms with Crippen LogP contribution in [0.1, 0.15) is 5.82 Å². The Hall–Kier alpha value is -2.59. The van der Waals surface area contributed by atoms with Crippen molar-refractivity contribution in [2.24, 2.45) is 0 Å². The van der Waals surface area contributed by atoms with Crippen molar-refractivity contribution in [3.05, 3.63) is 59.5 Å². The van der Waals surface area contributed by atoms with Gasteiger partial charge in [0.15, 0.2) is 0 Å². The molecule has 1 aromatic heterocycles. The summed E-state index contributed by atoms with van der Waals surface area (Å²) in [7, 11) is 1.62. The van der Waals surface area contributed by atoms with E-state index in [0.29, 0.717) is 22.1 Å². The van der Waals surface area contributed by atoms with Crippen molar-refractivity contribution < 1.29 is 9.84 Å². The minimum Gasteiger partial charge on any atom is -0.507 e. The Morgan fingerprint density at radius 3 is 2.48 bits per heavy atom. The van der Waals surface area contributed by atoms with Gasteiger partial charge in [-0.2, -0.15) is 0 Å². The molecule has 2 aromatic carbocycles. The molecule has 0 bridgehead atoms. The molecular formula is C18H15ClN2O2. The van der Waals surface area contributed by atoms with E-state index in [1.54, 1.807) is 31.5 Å². The molecule has 116 valence electrons. The molecule has 0 aliphatic heterocycles. The van der Waals surface area contributed by atoms with Crippen molar-refractivity contribution in [2.45, 2.75) is 6.92 Å². The molecule has 0 aliphatic rings. The van der Waals surface area contributed by atoms with E-state index in [9.17, 15) is 5.11 Å². The van der Waals surface area contributed by atoms with Crippen LogP contribution in [0.25, 0.3) is 22.4 Å². The Morgan fingerprint density at radius 2 is 1.78 bits per heavy atom. The van der Waals surface area contributed by atoms with E-state index in [-0.39, 0.29) is 5.75 Å². The molecule has 0 unspecified atom stereocenters. The number of aryl methyl sites for hydroxylation is 1. The first-order valence-electron chi connectivity index (χ1n) is 7.05. The smallest absolute Gasteiger partial charge is 0.125 e. The third kappa shape index (κ3) is 3.12. The minimum atomic E-state index is 0.127. The average molecular weight is 327 g/mol. The third-order valence-corrected chi connectivity index (χ3v) is 3.76. The zero-order chi connectivity index (χ0) is 16.4. The predicted octanol–water partition coefficient (Wildman–Crippen LogP) is 4.49. The number of phenolic OH excluding ortho intramolecular Hbond substituents is 1. The monoisotopic (exact) mass is 326 g/mol. The van der Waals surface area contributed by atoms with E-state index in [2.05, 4.69) is 9.97 Å². The fraction of sp³-hybridized carbons (Fsp3) is 0.111. The van der Waals surface area contributed by atoms with E-state index in [1.165, 1.54) is 0 Å². The van der Waals surface area contributed by atoms with Crippen LogP contribution in [-0.2, 0) is 0 Å². The zero-order valence-corrected chi connectivity index (χ0v) is 13.5. The molecule has 0 atom stereocenters. The molecule has 5 heteroatoms. The van der Waals surface area contributed by atoms with E-state index >= 15 is 0 Å². The maximum Gasteiger partial charge on any atom is 0.125 e. The van der Waals surface area contributed by atoms with E-state index in [1.807, 2.05) is 31.2 Å². The lowest BCUT2D eigenvalue weighted by molar-refractivity contribution is 0.415. The number of phenols is 1. The Bertz CT molecular complexity index is 848. The van der Waals surface area contributed by atoms with Crippen LogP contribution in [0.3, 0.4) is 0 Å². The molecule has 3 rings (SSSR count). The molecule has 0 amide bonds. The van der Waals surface area contributed by atoms with Crippen LogP contribution in [0.2, 0.25) is 5.02 Å². The predicted molar refractivity (Wildman–Crippen MR) is 90.9 cm³/mol. The Kier molecular flexibility index (Phi) is 4.17. The highest BCUT2D eigenvalue weighted by molar-refractivity contribution is 6.31. The quantitative estimate of drug-likeness (QED) is 0.770. The lowest BCUT2D eigenvalue weighted by Crippen LogP contribution is -1.95. The van der Waals surface area contributed by atoms with Crippen molar-refractivity contribution in [1.29, 1.82) is 0 Å². The SMILES string of the molecule is COc1ccc(-c2cnc(C)nc2-c2cc(Cl)ccc2O)cc1. The van der Waals surface area contributed by atoms with Gasteiger partial charge < -0.3 is 9.84 Å². The summed E-state index contributed by atoms with van der Waals surface area (Å²) in [6, 6.07) is 12.5. The summed E-state index contributed by atoms with van der Waals surface area (Å²) in [5, 5.41) is 10.7. The van der Waals surface area contributed by atoms with Gasteiger partial charge in [-0.15, -0.1) is 0 Å². The topological polar surface area (TPSA) is 55.2 Å². The number of rotatable bonds is 3. The molecule has 23 heavy (non-hydrogen) atoms. The van der Waals surface area contributed by atoms with E-state index in [4.69, 9.17) is 16.3 Å². The van der Waals surface area contributed by atoms with Crippen LogP contribution in [0.15, 0.2) is 48.7 Å². The van der Waals surface area contributed by atoms with Gasteiger partial charge in [0.05, 0.1) is 12.8 Å². The highest BCUT2D eigenvalue weighted by Gasteiger charge is 2.14. The van der Waals surface area contributed by atoms with Crippen LogP contribution in [-0.4, -0.2) is 22.2 Å². The molecule has 0 fully saturated rings. The summed E-state index contributed by atoms with van der Waals surface area (Å²) in [4.78, 5) is 8.78. The number of hydrogen-bond donors (Lipinski definition) is 1. The largest absolute Gasteiger partial charge is 0.507 e. The summed E-state index contributed by atoms with van der Waals surface area (Å²) in [6.45, 7) is 1.81. The molecule has 0 spiro atoms. The Balaban J connectivity index is 2.20. The van der Waals surface area contributed by atoms with Gasteiger partial charge in [-0.1, -0.05) is 23.7 Å². The summed E-state index contributed by atoms with van der Waals surface area (Å²) in [5.41, 5.74) is 2.97. The molecule has 4 nitrogen and oxygen atoms in total. The molecule has 3 aromatic rings. The molecule has 1 heterocycles. The molecular weight excluding hydrogens is 312 g/mol. The third-order valence-electron chi connectivity index (χ3n) is 3.52. The van der Waals surface area contributed by atoms with Crippen molar-refractivity contribution in [3.8, 4) is 33.9 Å².